The van der Waals surface area contributed by atoms with Gasteiger partial charge in [-0.2, -0.15) is 5.10 Å². The minimum atomic E-state index is -0.797. The van der Waals surface area contributed by atoms with Crippen molar-refractivity contribution in [1.29, 1.82) is 5.41 Å². The van der Waals surface area contributed by atoms with Gasteiger partial charge in [0.2, 0.25) is 0 Å². The summed E-state index contributed by atoms with van der Waals surface area (Å²) < 4.78 is 33.9. The lowest BCUT2D eigenvalue weighted by atomic mass is 10.0. The van der Waals surface area contributed by atoms with Gasteiger partial charge in [-0.05, 0) is 30.3 Å². The monoisotopic (exact) mass is 507 g/mol. The van der Waals surface area contributed by atoms with Crippen LogP contribution in [0.2, 0.25) is 10.0 Å². The summed E-state index contributed by atoms with van der Waals surface area (Å²) in [5.74, 6) is -1.90. The largest absolute Gasteiger partial charge is 0.490 e. The molecule has 0 fully saturated rings. The maximum atomic E-state index is 15.0. The number of nitrogens with one attached hydrogen (secondary N) is 3. The molecule has 0 spiro atoms. The number of aliphatic hydroxyl groups excluding tert-OH is 1. The Morgan fingerprint density at radius 2 is 1.97 bits per heavy atom. The van der Waals surface area contributed by atoms with E-state index in [2.05, 4.69) is 20.8 Å². The minimum absolute atomic E-state index is 0.0138. The van der Waals surface area contributed by atoms with Crippen LogP contribution in [0, 0.1) is 17.0 Å². The van der Waals surface area contributed by atoms with Gasteiger partial charge in [0.25, 0.3) is 5.91 Å². The summed E-state index contributed by atoms with van der Waals surface area (Å²) in [6.07, 6.45) is 3.44. The van der Waals surface area contributed by atoms with E-state index in [0.717, 1.165) is 24.4 Å². The van der Waals surface area contributed by atoms with Crippen LogP contribution in [0.15, 0.2) is 47.7 Å². The molecular formula is C22H17Cl2F2N5O3. The highest BCUT2D eigenvalue weighted by Gasteiger charge is 2.19. The fourth-order valence-electron chi connectivity index (χ4n) is 2.84. The highest BCUT2D eigenvalue weighted by Crippen LogP contribution is 2.36. The number of benzene rings is 2. The summed E-state index contributed by atoms with van der Waals surface area (Å²) in [5, 5.41) is 22.1. The molecule has 0 saturated heterocycles. The second-order valence-corrected chi connectivity index (χ2v) is 7.40. The van der Waals surface area contributed by atoms with Crippen LogP contribution in [0.25, 0.3) is 11.1 Å². The Hall–Kier alpha value is -3.60. The standard InChI is InChI=1S/C22H17Cl2F2N5O3/c23-17-9-15(14-2-1-12(25)7-20(14)34-6-5-32)19(26)10-16(17)22(33)30-13-8-18(24)21(28-11-13)31-29-4-3-27/h1-4,7-11,27,32H,5-6H2,(H,28,31)(H,30,33)/b27-3?,29-4-. The van der Waals surface area contributed by atoms with Crippen molar-refractivity contribution in [1.82, 2.24) is 4.98 Å². The minimum Gasteiger partial charge on any atom is -0.490 e. The molecule has 2 aromatic carbocycles. The van der Waals surface area contributed by atoms with Crippen LogP contribution in [-0.2, 0) is 0 Å². The van der Waals surface area contributed by atoms with Crippen LogP contribution in [0.1, 0.15) is 10.4 Å². The van der Waals surface area contributed by atoms with Crippen molar-refractivity contribution in [2.75, 3.05) is 24.0 Å². The second kappa shape index (κ2) is 11.5. The summed E-state index contributed by atoms with van der Waals surface area (Å²) in [6, 6.07) is 7.07. The lowest BCUT2D eigenvalue weighted by molar-refractivity contribution is 0.102. The average molecular weight is 508 g/mol. The number of carbonyl (C=O) groups excluding carboxylic acids is 1. The van der Waals surface area contributed by atoms with Gasteiger partial charge in [-0.25, -0.2) is 13.8 Å². The van der Waals surface area contributed by atoms with E-state index in [-0.39, 0.29) is 57.2 Å². The Balaban J connectivity index is 1.85. The predicted octanol–water partition coefficient (Wildman–Crippen LogP) is 5.00. The van der Waals surface area contributed by atoms with E-state index < -0.39 is 17.5 Å². The Bertz CT molecular complexity index is 1260. The zero-order chi connectivity index (χ0) is 24.7. The maximum absolute atomic E-state index is 15.0. The van der Waals surface area contributed by atoms with Crippen molar-refractivity contribution in [3.63, 3.8) is 0 Å². The third kappa shape index (κ3) is 6.04. The zero-order valence-electron chi connectivity index (χ0n) is 17.3. The van der Waals surface area contributed by atoms with Gasteiger partial charge in [0, 0.05) is 23.4 Å². The zero-order valence-corrected chi connectivity index (χ0v) is 18.8. The van der Waals surface area contributed by atoms with Gasteiger partial charge < -0.3 is 20.6 Å². The molecule has 1 heterocycles. The SMILES string of the molecule is N=C/C=N\Nc1ncc(NC(=O)c2cc(F)c(-c3ccc(F)cc3OCCO)cc2Cl)cc1Cl. The van der Waals surface area contributed by atoms with Crippen molar-refractivity contribution in [2.24, 2.45) is 5.10 Å². The summed E-state index contributed by atoms with van der Waals surface area (Å²) in [4.78, 5) is 16.7. The van der Waals surface area contributed by atoms with Gasteiger partial charge in [0.05, 0.1) is 40.3 Å². The molecule has 12 heteroatoms. The van der Waals surface area contributed by atoms with Crippen molar-refractivity contribution >= 4 is 53.0 Å². The molecule has 0 aliphatic rings. The molecule has 1 amide bonds. The van der Waals surface area contributed by atoms with E-state index in [4.69, 9.17) is 38.5 Å². The smallest absolute Gasteiger partial charge is 0.257 e. The van der Waals surface area contributed by atoms with Crippen molar-refractivity contribution in [2.45, 2.75) is 0 Å². The van der Waals surface area contributed by atoms with E-state index in [9.17, 15) is 13.6 Å². The first-order chi connectivity index (χ1) is 16.3. The summed E-state index contributed by atoms with van der Waals surface area (Å²) >= 11 is 12.4. The summed E-state index contributed by atoms with van der Waals surface area (Å²) in [6.45, 7) is -0.433. The van der Waals surface area contributed by atoms with Crippen LogP contribution in [0.4, 0.5) is 20.3 Å². The molecule has 4 N–H and O–H groups in total. The molecule has 0 aliphatic heterocycles. The molecule has 3 rings (SSSR count). The van der Waals surface area contributed by atoms with Crippen LogP contribution in [0.3, 0.4) is 0 Å². The lowest BCUT2D eigenvalue weighted by Gasteiger charge is -2.14. The van der Waals surface area contributed by atoms with Crippen molar-refractivity contribution in [3.8, 4) is 16.9 Å². The van der Waals surface area contributed by atoms with Crippen molar-refractivity contribution < 1.29 is 23.4 Å². The number of hydrazone groups is 1. The van der Waals surface area contributed by atoms with E-state index >= 15 is 0 Å². The van der Waals surface area contributed by atoms with Crippen LogP contribution in [-0.4, -0.2) is 41.6 Å². The van der Waals surface area contributed by atoms with Crippen LogP contribution in [0.5, 0.6) is 5.75 Å². The molecule has 176 valence electrons. The summed E-state index contributed by atoms with van der Waals surface area (Å²) in [5.41, 5.74) is 2.78. The van der Waals surface area contributed by atoms with Crippen molar-refractivity contribution in [3.05, 3.63) is 69.8 Å². The molecule has 0 saturated carbocycles. The number of nitrogens with zero attached hydrogens (tertiary/aromatic N) is 2. The topological polar surface area (TPSA) is 120 Å². The maximum Gasteiger partial charge on any atom is 0.257 e. The Labute approximate surface area is 202 Å². The molecular weight excluding hydrogens is 491 g/mol. The molecule has 8 nitrogen and oxygen atoms in total. The molecule has 0 unspecified atom stereocenters. The average Bonchev–Trinajstić information content (AvgIpc) is 2.80. The van der Waals surface area contributed by atoms with Crippen LogP contribution < -0.4 is 15.5 Å². The quantitative estimate of drug-likeness (QED) is 0.240. The number of hydrogen-bond donors (Lipinski definition) is 4. The molecule has 3 aromatic rings. The number of pyridine rings is 1. The van der Waals surface area contributed by atoms with Crippen LogP contribution >= 0.6 is 23.2 Å². The first-order valence-electron chi connectivity index (χ1n) is 9.61. The van der Waals surface area contributed by atoms with E-state index in [1.165, 1.54) is 30.6 Å². The lowest BCUT2D eigenvalue weighted by Crippen LogP contribution is -2.13. The number of carbonyl (C=O) groups is 1. The molecule has 0 radical (unpaired) electrons. The van der Waals surface area contributed by atoms with Gasteiger partial charge >= 0.3 is 0 Å². The molecule has 34 heavy (non-hydrogen) atoms. The van der Waals surface area contributed by atoms with Gasteiger partial charge in [0.1, 0.15) is 24.0 Å². The first kappa shape index (κ1) is 25.0. The molecule has 1 aromatic heterocycles. The van der Waals surface area contributed by atoms with E-state index in [1.54, 1.807) is 0 Å². The normalized spacial score (nSPS) is 10.9. The Morgan fingerprint density at radius 3 is 2.68 bits per heavy atom. The number of anilines is 2. The predicted molar refractivity (Wildman–Crippen MR) is 127 cm³/mol. The Morgan fingerprint density at radius 1 is 1.18 bits per heavy atom. The number of aromatic nitrogens is 1. The fraction of sp³-hybridized carbons (Fsp3) is 0.0909. The first-order valence-corrected chi connectivity index (χ1v) is 10.4. The van der Waals surface area contributed by atoms with Gasteiger partial charge in [-0.1, -0.05) is 23.2 Å². The number of hydrogen-bond acceptors (Lipinski definition) is 7. The van der Waals surface area contributed by atoms with E-state index in [1.807, 2.05) is 0 Å². The number of rotatable bonds is 9. The highest BCUT2D eigenvalue weighted by atomic mass is 35.5. The Kier molecular flexibility index (Phi) is 8.47. The van der Waals surface area contributed by atoms with Gasteiger partial charge in [0.15, 0.2) is 5.82 Å². The third-order valence-electron chi connectivity index (χ3n) is 4.30. The number of aliphatic hydroxyl groups is 1. The number of halogens is 4. The highest BCUT2D eigenvalue weighted by molar-refractivity contribution is 6.35. The van der Waals surface area contributed by atoms with Gasteiger partial charge in [-0.3, -0.25) is 10.2 Å². The molecule has 0 aliphatic carbocycles. The van der Waals surface area contributed by atoms with Gasteiger partial charge in [-0.15, -0.1) is 0 Å². The molecule has 0 atom stereocenters. The molecule has 0 bridgehead atoms. The van der Waals surface area contributed by atoms with E-state index in [0.29, 0.717) is 0 Å². The fourth-order valence-corrected chi connectivity index (χ4v) is 3.30. The summed E-state index contributed by atoms with van der Waals surface area (Å²) in [7, 11) is 0. The number of ether oxygens (including phenoxy) is 1. The third-order valence-corrected chi connectivity index (χ3v) is 4.90. The second-order valence-electron chi connectivity index (χ2n) is 6.59. The number of amides is 1.